The van der Waals surface area contributed by atoms with Gasteiger partial charge in [0.1, 0.15) is 0 Å². The Hall–Kier alpha value is -1.80. The summed E-state index contributed by atoms with van der Waals surface area (Å²) in [6, 6.07) is 14.0. The molecule has 0 saturated carbocycles. The lowest BCUT2D eigenvalue weighted by atomic mass is 10.0. The fourth-order valence-corrected chi connectivity index (χ4v) is 3.15. The van der Waals surface area contributed by atoms with Crippen LogP contribution in [0.4, 0.5) is 0 Å². The van der Waals surface area contributed by atoms with Gasteiger partial charge in [-0.3, -0.25) is 4.79 Å². The van der Waals surface area contributed by atoms with Crippen LogP contribution in [0.3, 0.4) is 0 Å². The van der Waals surface area contributed by atoms with E-state index in [1.54, 1.807) is 0 Å². The van der Waals surface area contributed by atoms with Gasteiger partial charge in [0.15, 0.2) is 0 Å². The Morgan fingerprint density at radius 3 is 2.64 bits per heavy atom. The minimum absolute atomic E-state index is 0.0331. The van der Waals surface area contributed by atoms with Gasteiger partial charge in [0.05, 0.1) is 12.5 Å². The summed E-state index contributed by atoms with van der Waals surface area (Å²) in [5.41, 5.74) is 5.06. The lowest BCUT2D eigenvalue weighted by Gasteiger charge is -2.15. The van der Waals surface area contributed by atoms with Crippen LogP contribution in [-0.4, -0.2) is 5.91 Å². The average Bonchev–Trinajstić information content (AvgIpc) is 2.97. The number of benzene rings is 2. The first-order valence-electron chi connectivity index (χ1n) is 7.77. The molecule has 0 bridgehead atoms. The molecule has 0 aromatic heterocycles. The van der Waals surface area contributed by atoms with Crippen molar-refractivity contribution in [1.82, 2.24) is 5.32 Å². The highest BCUT2D eigenvalue weighted by Crippen LogP contribution is 2.25. The van der Waals surface area contributed by atoms with Crippen LogP contribution in [0.5, 0.6) is 0 Å². The molecule has 0 heterocycles. The molecule has 0 aliphatic heterocycles. The standard InChI is InChI=1S/C19H20ClNO/c1-13(16-8-7-15-3-2-4-17(15)12-16)21-19(22)11-14-5-9-18(20)10-6-14/h5-10,12-13H,2-4,11H2,1H3,(H,21,22). The summed E-state index contributed by atoms with van der Waals surface area (Å²) in [4.78, 5) is 12.2. The second-order valence-electron chi connectivity index (χ2n) is 5.97. The topological polar surface area (TPSA) is 29.1 Å². The molecule has 114 valence electrons. The third kappa shape index (κ3) is 3.50. The van der Waals surface area contributed by atoms with Crippen LogP contribution < -0.4 is 5.32 Å². The minimum atomic E-state index is 0.0331. The number of fused-ring (bicyclic) bond motifs is 1. The van der Waals surface area contributed by atoms with Crippen molar-refractivity contribution in [2.45, 2.75) is 38.6 Å². The SMILES string of the molecule is CC(NC(=O)Cc1ccc(Cl)cc1)c1ccc2c(c1)CCC2. The van der Waals surface area contributed by atoms with E-state index in [0.29, 0.717) is 11.4 Å². The number of carbonyl (C=O) groups excluding carboxylic acids is 1. The zero-order valence-corrected chi connectivity index (χ0v) is 13.5. The van der Waals surface area contributed by atoms with Gasteiger partial charge in [0.25, 0.3) is 0 Å². The van der Waals surface area contributed by atoms with Gasteiger partial charge in [-0.15, -0.1) is 0 Å². The van der Waals surface area contributed by atoms with Crippen molar-refractivity contribution in [1.29, 1.82) is 0 Å². The highest BCUT2D eigenvalue weighted by atomic mass is 35.5. The van der Waals surface area contributed by atoms with Gasteiger partial charge in [-0.2, -0.15) is 0 Å². The molecule has 2 nitrogen and oxygen atoms in total. The first kappa shape index (κ1) is 15.1. The van der Waals surface area contributed by atoms with E-state index in [1.807, 2.05) is 31.2 Å². The number of carbonyl (C=O) groups is 1. The number of amides is 1. The molecule has 1 N–H and O–H groups in total. The average molecular weight is 314 g/mol. The van der Waals surface area contributed by atoms with Crippen molar-refractivity contribution < 1.29 is 4.79 Å². The highest BCUT2D eigenvalue weighted by Gasteiger charge is 2.15. The van der Waals surface area contributed by atoms with Gasteiger partial charge in [-0.05, 0) is 60.6 Å². The predicted octanol–water partition coefficient (Wildman–Crippen LogP) is 4.25. The minimum Gasteiger partial charge on any atom is -0.349 e. The molecule has 1 aliphatic carbocycles. The highest BCUT2D eigenvalue weighted by molar-refractivity contribution is 6.30. The molecule has 0 saturated heterocycles. The van der Waals surface area contributed by atoms with E-state index in [0.717, 1.165) is 12.0 Å². The summed E-state index contributed by atoms with van der Waals surface area (Å²) in [6.07, 6.45) is 3.98. The molecule has 1 unspecified atom stereocenters. The second-order valence-corrected chi connectivity index (χ2v) is 6.41. The van der Waals surface area contributed by atoms with Crippen LogP contribution in [0.1, 0.15) is 41.6 Å². The Bertz CT molecular complexity index is 678. The lowest BCUT2D eigenvalue weighted by Crippen LogP contribution is -2.28. The number of halogens is 1. The van der Waals surface area contributed by atoms with E-state index in [1.165, 1.54) is 29.5 Å². The van der Waals surface area contributed by atoms with Crippen molar-refractivity contribution in [3.63, 3.8) is 0 Å². The Balaban J connectivity index is 1.62. The zero-order valence-electron chi connectivity index (χ0n) is 12.7. The van der Waals surface area contributed by atoms with Crippen molar-refractivity contribution in [3.8, 4) is 0 Å². The van der Waals surface area contributed by atoms with Crippen molar-refractivity contribution >= 4 is 17.5 Å². The van der Waals surface area contributed by atoms with Crippen LogP contribution in [0, 0.1) is 0 Å². The maximum atomic E-state index is 12.2. The molecule has 1 amide bonds. The Labute approximate surface area is 136 Å². The Kier molecular flexibility index (Phi) is 4.49. The number of rotatable bonds is 4. The maximum Gasteiger partial charge on any atom is 0.224 e. The number of nitrogens with one attached hydrogen (secondary N) is 1. The molecular formula is C19H20ClNO. The second kappa shape index (κ2) is 6.53. The van der Waals surface area contributed by atoms with Crippen LogP contribution >= 0.6 is 11.6 Å². The third-order valence-electron chi connectivity index (χ3n) is 4.28. The lowest BCUT2D eigenvalue weighted by molar-refractivity contribution is -0.121. The summed E-state index contributed by atoms with van der Waals surface area (Å²) in [7, 11) is 0. The van der Waals surface area contributed by atoms with Crippen molar-refractivity contribution in [2.75, 3.05) is 0 Å². The maximum absolute atomic E-state index is 12.2. The number of aryl methyl sites for hydroxylation is 2. The molecule has 0 spiro atoms. The van der Waals surface area contributed by atoms with Gasteiger partial charge in [-0.25, -0.2) is 0 Å². The molecule has 0 fully saturated rings. The molecule has 22 heavy (non-hydrogen) atoms. The molecule has 2 aromatic rings. The smallest absolute Gasteiger partial charge is 0.224 e. The summed E-state index contributed by atoms with van der Waals surface area (Å²) in [6.45, 7) is 2.04. The van der Waals surface area contributed by atoms with E-state index >= 15 is 0 Å². The van der Waals surface area contributed by atoms with Gasteiger partial charge in [0, 0.05) is 5.02 Å². The van der Waals surface area contributed by atoms with Crippen LogP contribution in [-0.2, 0) is 24.1 Å². The van der Waals surface area contributed by atoms with E-state index in [9.17, 15) is 4.79 Å². The fraction of sp³-hybridized carbons (Fsp3) is 0.316. The molecule has 3 rings (SSSR count). The molecule has 1 aliphatic rings. The first-order valence-corrected chi connectivity index (χ1v) is 8.15. The number of hydrogen-bond donors (Lipinski definition) is 1. The van der Waals surface area contributed by atoms with Gasteiger partial charge < -0.3 is 5.32 Å². The summed E-state index contributed by atoms with van der Waals surface area (Å²) < 4.78 is 0. The molecule has 0 radical (unpaired) electrons. The van der Waals surface area contributed by atoms with Gasteiger partial charge >= 0.3 is 0 Å². The largest absolute Gasteiger partial charge is 0.349 e. The van der Waals surface area contributed by atoms with E-state index in [-0.39, 0.29) is 11.9 Å². The first-order chi connectivity index (χ1) is 10.6. The molecule has 2 aromatic carbocycles. The zero-order chi connectivity index (χ0) is 15.5. The van der Waals surface area contributed by atoms with Crippen LogP contribution in [0.2, 0.25) is 5.02 Å². The number of hydrogen-bond acceptors (Lipinski definition) is 1. The van der Waals surface area contributed by atoms with Crippen molar-refractivity contribution in [2.24, 2.45) is 0 Å². The molecule has 3 heteroatoms. The summed E-state index contributed by atoms with van der Waals surface area (Å²) >= 11 is 5.86. The van der Waals surface area contributed by atoms with E-state index in [2.05, 4.69) is 23.5 Å². The fourth-order valence-electron chi connectivity index (χ4n) is 3.02. The van der Waals surface area contributed by atoms with Crippen LogP contribution in [0.25, 0.3) is 0 Å². The van der Waals surface area contributed by atoms with Crippen molar-refractivity contribution in [3.05, 3.63) is 69.7 Å². The van der Waals surface area contributed by atoms with E-state index < -0.39 is 0 Å². The Morgan fingerprint density at radius 2 is 1.86 bits per heavy atom. The van der Waals surface area contributed by atoms with Gasteiger partial charge in [0.2, 0.25) is 5.91 Å². The van der Waals surface area contributed by atoms with Crippen LogP contribution in [0.15, 0.2) is 42.5 Å². The predicted molar refractivity (Wildman–Crippen MR) is 90.2 cm³/mol. The Morgan fingerprint density at radius 1 is 1.14 bits per heavy atom. The normalized spacial score (nSPS) is 14.5. The van der Waals surface area contributed by atoms with E-state index in [4.69, 9.17) is 11.6 Å². The monoisotopic (exact) mass is 313 g/mol. The summed E-state index contributed by atoms with van der Waals surface area (Å²) in [5, 5.41) is 3.77. The third-order valence-corrected chi connectivity index (χ3v) is 4.53. The molecular weight excluding hydrogens is 294 g/mol. The molecule has 1 atom stereocenters. The summed E-state index contributed by atoms with van der Waals surface area (Å²) in [5.74, 6) is 0.0373. The quantitative estimate of drug-likeness (QED) is 0.898. The van der Waals surface area contributed by atoms with Gasteiger partial charge in [-0.1, -0.05) is 41.9 Å².